The van der Waals surface area contributed by atoms with Crippen molar-refractivity contribution in [1.82, 2.24) is 0 Å². The van der Waals surface area contributed by atoms with E-state index in [9.17, 15) is 9.90 Å². The molecule has 3 N–H and O–H groups in total. The van der Waals surface area contributed by atoms with Gasteiger partial charge in [0.2, 0.25) is 5.91 Å². The first-order valence-electron chi connectivity index (χ1n) is 9.12. The highest BCUT2D eigenvalue weighted by Gasteiger charge is 2.17. The number of phenolic OH excluding ortho intramolecular Hbond substituents is 1. The van der Waals surface area contributed by atoms with E-state index in [1.807, 2.05) is 37.3 Å². The predicted molar refractivity (Wildman–Crippen MR) is 111 cm³/mol. The minimum atomic E-state index is -0.470. The highest BCUT2D eigenvalue weighted by atomic mass is 16.3. The van der Waals surface area contributed by atoms with Crippen LogP contribution in [0.3, 0.4) is 0 Å². The largest absolute Gasteiger partial charge is 0.507 e. The molecule has 4 heteroatoms. The number of amides is 1. The van der Waals surface area contributed by atoms with E-state index >= 15 is 0 Å². The Morgan fingerprint density at radius 2 is 1.85 bits per heavy atom. The Labute approximate surface area is 159 Å². The lowest BCUT2D eigenvalue weighted by molar-refractivity contribution is 0.100. The van der Waals surface area contributed by atoms with Crippen LogP contribution in [0.15, 0.2) is 59.6 Å². The molecule has 0 fully saturated rings. The van der Waals surface area contributed by atoms with Crippen LogP contribution in [-0.4, -0.2) is 16.7 Å². The molecule has 0 bridgehead atoms. The van der Waals surface area contributed by atoms with E-state index < -0.39 is 5.91 Å². The van der Waals surface area contributed by atoms with Crippen LogP contribution in [0.25, 0.3) is 10.8 Å². The molecule has 0 radical (unpaired) electrons. The van der Waals surface area contributed by atoms with Crippen molar-refractivity contribution in [3.8, 4) is 5.75 Å². The number of nitrogens with zero attached hydrogens (tertiary/aromatic N) is 1. The summed E-state index contributed by atoms with van der Waals surface area (Å²) in [4.78, 5) is 16.4. The monoisotopic (exact) mass is 360 g/mol. The SMILES string of the molecule is CCC(C)C(=Nc1ccccc1C)c1cc2cc(C(N)=O)ccc2cc1O. The number of rotatable bonds is 5. The molecule has 0 aliphatic carbocycles. The van der Waals surface area contributed by atoms with Crippen LogP contribution in [0.5, 0.6) is 5.75 Å². The molecule has 3 aromatic rings. The Hall–Kier alpha value is -3.14. The molecule has 0 spiro atoms. The summed E-state index contributed by atoms with van der Waals surface area (Å²) in [6.07, 6.45) is 0.892. The van der Waals surface area contributed by atoms with Crippen molar-refractivity contribution in [3.63, 3.8) is 0 Å². The highest BCUT2D eigenvalue weighted by Crippen LogP contribution is 2.31. The maximum absolute atomic E-state index is 11.5. The summed E-state index contributed by atoms with van der Waals surface area (Å²) in [5.74, 6) is -0.128. The van der Waals surface area contributed by atoms with Crippen molar-refractivity contribution in [3.05, 3.63) is 71.3 Å². The molecule has 1 amide bonds. The Kier molecular flexibility index (Phi) is 5.26. The summed E-state index contributed by atoms with van der Waals surface area (Å²) >= 11 is 0. The second kappa shape index (κ2) is 7.62. The van der Waals surface area contributed by atoms with Crippen LogP contribution in [-0.2, 0) is 0 Å². The van der Waals surface area contributed by atoms with Crippen molar-refractivity contribution < 1.29 is 9.90 Å². The maximum Gasteiger partial charge on any atom is 0.248 e. The smallest absolute Gasteiger partial charge is 0.248 e. The Balaban J connectivity index is 2.22. The number of nitrogens with two attached hydrogens (primary N) is 1. The van der Waals surface area contributed by atoms with Gasteiger partial charge in [-0.2, -0.15) is 0 Å². The van der Waals surface area contributed by atoms with Gasteiger partial charge in [0.25, 0.3) is 0 Å². The molecule has 0 aliphatic heterocycles. The predicted octanol–water partition coefficient (Wildman–Crippen LogP) is 5.12. The van der Waals surface area contributed by atoms with E-state index in [0.29, 0.717) is 11.1 Å². The molecule has 1 atom stereocenters. The third-order valence-corrected chi connectivity index (χ3v) is 4.95. The standard InChI is InChI=1S/C23H24N2O2/c1-4-14(2)22(25-20-8-6-5-7-15(20)3)19-12-18-11-17(23(24)27)10-9-16(18)13-21(19)26/h5-14,26H,4H2,1-3H3,(H2,24,27). The molecule has 27 heavy (non-hydrogen) atoms. The number of para-hydroxylation sites is 1. The lowest BCUT2D eigenvalue weighted by Gasteiger charge is -2.16. The van der Waals surface area contributed by atoms with Gasteiger partial charge < -0.3 is 10.8 Å². The van der Waals surface area contributed by atoms with E-state index in [2.05, 4.69) is 13.8 Å². The van der Waals surface area contributed by atoms with Gasteiger partial charge in [0.1, 0.15) is 5.75 Å². The number of primary amides is 1. The summed E-state index contributed by atoms with van der Waals surface area (Å²) in [7, 11) is 0. The van der Waals surface area contributed by atoms with Crippen LogP contribution < -0.4 is 5.73 Å². The number of aliphatic imine (C=N–C) groups is 1. The number of aryl methyl sites for hydroxylation is 1. The number of fused-ring (bicyclic) bond motifs is 1. The minimum Gasteiger partial charge on any atom is -0.507 e. The van der Waals surface area contributed by atoms with Crippen LogP contribution in [0, 0.1) is 12.8 Å². The number of phenols is 1. The Morgan fingerprint density at radius 1 is 1.11 bits per heavy atom. The quantitative estimate of drug-likeness (QED) is 0.620. The van der Waals surface area contributed by atoms with Gasteiger partial charge in [0, 0.05) is 11.1 Å². The summed E-state index contributed by atoms with van der Waals surface area (Å²) in [5, 5.41) is 12.4. The van der Waals surface area contributed by atoms with Crippen LogP contribution in [0.4, 0.5) is 5.69 Å². The Bertz CT molecular complexity index is 1040. The van der Waals surface area contributed by atoms with E-state index in [-0.39, 0.29) is 11.7 Å². The molecule has 0 heterocycles. The van der Waals surface area contributed by atoms with Crippen molar-refractivity contribution >= 4 is 28.1 Å². The van der Waals surface area contributed by atoms with Gasteiger partial charge in [0.15, 0.2) is 0 Å². The van der Waals surface area contributed by atoms with Crippen molar-refractivity contribution in [2.24, 2.45) is 16.6 Å². The van der Waals surface area contributed by atoms with Crippen LogP contribution in [0.1, 0.15) is 41.8 Å². The molecule has 0 saturated heterocycles. The van der Waals surface area contributed by atoms with E-state index in [4.69, 9.17) is 10.7 Å². The molecule has 0 aromatic heterocycles. The van der Waals surface area contributed by atoms with Gasteiger partial charge >= 0.3 is 0 Å². The fourth-order valence-electron chi connectivity index (χ4n) is 3.09. The number of hydrogen-bond acceptors (Lipinski definition) is 3. The number of carbonyl (C=O) groups excluding carboxylic acids is 1. The first-order chi connectivity index (χ1) is 12.9. The van der Waals surface area contributed by atoms with Gasteiger partial charge in [-0.05, 0) is 65.9 Å². The van der Waals surface area contributed by atoms with E-state index in [0.717, 1.165) is 34.2 Å². The lowest BCUT2D eigenvalue weighted by Crippen LogP contribution is -2.13. The normalized spacial score (nSPS) is 12.9. The third-order valence-electron chi connectivity index (χ3n) is 4.95. The lowest BCUT2D eigenvalue weighted by atomic mass is 9.92. The molecule has 3 aromatic carbocycles. The molecular weight excluding hydrogens is 336 g/mol. The molecule has 4 nitrogen and oxygen atoms in total. The number of carbonyl (C=O) groups is 1. The maximum atomic E-state index is 11.5. The van der Waals surface area contributed by atoms with Crippen LogP contribution >= 0.6 is 0 Å². The minimum absolute atomic E-state index is 0.160. The van der Waals surface area contributed by atoms with Crippen LogP contribution in [0.2, 0.25) is 0 Å². The van der Waals surface area contributed by atoms with Crippen molar-refractivity contribution in [2.75, 3.05) is 0 Å². The Morgan fingerprint density at radius 3 is 2.52 bits per heavy atom. The topological polar surface area (TPSA) is 75.7 Å². The number of aromatic hydroxyl groups is 1. The van der Waals surface area contributed by atoms with Gasteiger partial charge in [-0.3, -0.25) is 9.79 Å². The van der Waals surface area contributed by atoms with Crippen molar-refractivity contribution in [2.45, 2.75) is 27.2 Å². The fraction of sp³-hybridized carbons (Fsp3) is 0.217. The first kappa shape index (κ1) is 18.6. The molecule has 0 aliphatic rings. The fourth-order valence-corrected chi connectivity index (χ4v) is 3.09. The first-order valence-corrected chi connectivity index (χ1v) is 9.12. The second-order valence-corrected chi connectivity index (χ2v) is 6.89. The van der Waals surface area contributed by atoms with E-state index in [1.54, 1.807) is 24.3 Å². The van der Waals surface area contributed by atoms with Gasteiger partial charge in [0.05, 0.1) is 11.4 Å². The molecule has 0 saturated carbocycles. The summed E-state index contributed by atoms with van der Waals surface area (Å²) in [5.41, 5.74) is 9.33. The number of hydrogen-bond donors (Lipinski definition) is 2. The van der Waals surface area contributed by atoms with Gasteiger partial charge in [-0.1, -0.05) is 38.1 Å². The molecule has 1 unspecified atom stereocenters. The zero-order valence-electron chi connectivity index (χ0n) is 15.9. The molecule has 138 valence electrons. The van der Waals surface area contributed by atoms with E-state index in [1.165, 1.54) is 0 Å². The zero-order chi connectivity index (χ0) is 19.6. The highest BCUT2D eigenvalue weighted by molar-refractivity contribution is 6.09. The van der Waals surface area contributed by atoms with Gasteiger partial charge in [-0.25, -0.2) is 0 Å². The number of benzene rings is 3. The van der Waals surface area contributed by atoms with Gasteiger partial charge in [-0.15, -0.1) is 0 Å². The molecular formula is C23H24N2O2. The summed E-state index contributed by atoms with van der Waals surface area (Å²) in [6, 6.07) is 16.7. The summed E-state index contributed by atoms with van der Waals surface area (Å²) in [6.45, 7) is 6.22. The van der Waals surface area contributed by atoms with Crippen molar-refractivity contribution in [1.29, 1.82) is 0 Å². The summed E-state index contributed by atoms with van der Waals surface area (Å²) < 4.78 is 0. The average molecular weight is 360 g/mol. The average Bonchev–Trinajstić information content (AvgIpc) is 2.66. The zero-order valence-corrected chi connectivity index (χ0v) is 15.9. The molecule has 3 rings (SSSR count). The third kappa shape index (κ3) is 3.85. The second-order valence-electron chi connectivity index (χ2n) is 6.89.